The summed E-state index contributed by atoms with van der Waals surface area (Å²) in [6.07, 6.45) is 1.17. The molecule has 0 N–H and O–H groups in total. The Bertz CT molecular complexity index is 726. The maximum Gasteiger partial charge on any atom is 0.138 e. The van der Waals surface area contributed by atoms with Gasteiger partial charge in [-0.2, -0.15) is 5.10 Å². The van der Waals surface area contributed by atoms with Gasteiger partial charge in [0.1, 0.15) is 5.78 Å². The first-order chi connectivity index (χ1) is 12.6. The third-order valence-corrected chi connectivity index (χ3v) is 4.51. The Kier molecular flexibility index (Phi) is 6.59. The lowest BCUT2D eigenvalue weighted by atomic mass is 9.83. The molecule has 0 aliphatic heterocycles. The topological polar surface area (TPSA) is 32.7 Å². The number of rotatable bonds is 6. The second-order valence-electron chi connectivity index (χ2n) is 8.95. The van der Waals surface area contributed by atoms with Crippen LogP contribution in [-0.4, -0.2) is 11.5 Å². The Labute approximate surface area is 164 Å². The van der Waals surface area contributed by atoms with E-state index in [9.17, 15) is 4.79 Å². The standard InChI is InChI=1S/C24H32N2O/c1-23(2,3)21(17-18-22(27)24(4,5)6)25-26(19-13-9-7-10-14-19)20-15-11-8-12-16-20/h7-16H,17-18H2,1-6H3. The quantitative estimate of drug-likeness (QED) is 0.426. The van der Waals surface area contributed by atoms with Crippen LogP contribution in [0, 0.1) is 10.8 Å². The molecular formula is C24H32N2O. The van der Waals surface area contributed by atoms with E-state index < -0.39 is 0 Å². The van der Waals surface area contributed by atoms with Crippen LogP contribution in [0.2, 0.25) is 0 Å². The van der Waals surface area contributed by atoms with Gasteiger partial charge in [0.05, 0.1) is 11.4 Å². The van der Waals surface area contributed by atoms with E-state index in [1.54, 1.807) is 0 Å². The number of hydrogen-bond acceptors (Lipinski definition) is 3. The molecule has 27 heavy (non-hydrogen) atoms. The molecular weight excluding hydrogens is 332 g/mol. The monoisotopic (exact) mass is 364 g/mol. The van der Waals surface area contributed by atoms with E-state index in [4.69, 9.17) is 5.10 Å². The first kappa shape index (κ1) is 20.9. The third kappa shape index (κ3) is 6.06. The van der Waals surface area contributed by atoms with Crippen LogP contribution in [0.15, 0.2) is 65.8 Å². The molecule has 0 aliphatic rings. The van der Waals surface area contributed by atoms with E-state index in [0.717, 1.165) is 17.1 Å². The van der Waals surface area contributed by atoms with Gasteiger partial charge in [0.15, 0.2) is 0 Å². The van der Waals surface area contributed by atoms with Gasteiger partial charge < -0.3 is 0 Å². The summed E-state index contributed by atoms with van der Waals surface area (Å²) in [7, 11) is 0. The lowest BCUT2D eigenvalue weighted by molar-refractivity contribution is -0.126. The Morgan fingerprint density at radius 1 is 0.741 bits per heavy atom. The Morgan fingerprint density at radius 3 is 1.56 bits per heavy atom. The highest BCUT2D eigenvalue weighted by molar-refractivity contribution is 5.94. The first-order valence-electron chi connectivity index (χ1n) is 9.60. The van der Waals surface area contributed by atoms with Crippen LogP contribution >= 0.6 is 0 Å². The third-order valence-electron chi connectivity index (χ3n) is 4.51. The molecule has 2 aromatic carbocycles. The average molecular weight is 365 g/mol. The molecule has 0 radical (unpaired) electrons. The summed E-state index contributed by atoms with van der Waals surface area (Å²) in [5, 5.41) is 7.01. The molecule has 0 aliphatic carbocycles. The van der Waals surface area contributed by atoms with E-state index in [1.165, 1.54) is 0 Å². The molecule has 0 aromatic heterocycles. The fraction of sp³-hybridized carbons (Fsp3) is 0.417. The van der Waals surface area contributed by atoms with Crippen LogP contribution in [0.1, 0.15) is 54.4 Å². The molecule has 0 fully saturated rings. The van der Waals surface area contributed by atoms with Gasteiger partial charge in [0.25, 0.3) is 0 Å². The summed E-state index contributed by atoms with van der Waals surface area (Å²) < 4.78 is 0. The lowest BCUT2D eigenvalue weighted by Gasteiger charge is -2.27. The normalized spacial score (nSPS) is 12.7. The molecule has 0 bridgehead atoms. The van der Waals surface area contributed by atoms with Crippen molar-refractivity contribution in [2.24, 2.45) is 15.9 Å². The van der Waals surface area contributed by atoms with Crippen LogP contribution in [0.5, 0.6) is 0 Å². The van der Waals surface area contributed by atoms with Crippen molar-refractivity contribution in [1.29, 1.82) is 0 Å². The zero-order chi connectivity index (χ0) is 20.1. The maximum atomic E-state index is 12.5. The van der Waals surface area contributed by atoms with Crippen molar-refractivity contribution >= 4 is 22.9 Å². The molecule has 0 heterocycles. The summed E-state index contributed by atoms with van der Waals surface area (Å²) in [5.74, 6) is 0.269. The molecule has 0 saturated carbocycles. The number of para-hydroxylation sites is 2. The highest BCUT2D eigenvalue weighted by atomic mass is 16.1. The van der Waals surface area contributed by atoms with E-state index in [1.807, 2.05) is 62.2 Å². The number of hydrogen-bond donors (Lipinski definition) is 0. The van der Waals surface area contributed by atoms with E-state index in [-0.39, 0.29) is 16.6 Å². The zero-order valence-corrected chi connectivity index (χ0v) is 17.5. The van der Waals surface area contributed by atoms with Crippen molar-refractivity contribution in [2.75, 3.05) is 5.01 Å². The molecule has 0 unspecified atom stereocenters. The second kappa shape index (κ2) is 8.51. The zero-order valence-electron chi connectivity index (χ0n) is 17.5. The smallest absolute Gasteiger partial charge is 0.138 e. The van der Waals surface area contributed by atoms with Crippen molar-refractivity contribution in [1.82, 2.24) is 0 Å². The number of hydrazone groups is 1. The summed E-state index contributed by atoms with van der Waals surface area (Å²) in [5.41, 5.74) is 2.59. The van der Waals surface area contributed by atoms with Crippen molar-refractivity contribution in [3.63, 3.8) is 0 Å². The number of benzene rings is 2. The van der Waals surface area contributed by atoms with Gasteiger partial charge in [0, 0.05) is 23.0 Å². The lowest BCUT2D eigenvalue weighted by Crippen LogP contribution is -2.27. The molecule has 0 amide bonds. The fourth-order valence-corrected chi connectivity index (χ4v) is 2.71. The van der Waals surface area contributed by atoms with Crippen molar-refractivity contribution in [3.05, 3.63) is 60.7 Å². The van der Waals surface area contributed by atoms with Gasteiger partial charge in [-0.05, 0) is 30.7 Å². The molecule has 2 aromatic rings. The van der Waals surface area contributed by atoms with E-state index >= 15 is 0 Å². The van der Waals surface area contributed by atoms with Gasteiger partial charge in [-0.1, -0.05) is 77.9 Å². The second-order valence-corrected chi connectivity index (χ2v) is 8.95. The average Bonchev–Trinajstić information content (AvgIpc) is 2.61. The molecule has 0 atom stereocenters. The molecule has 144 valence electrons. The number of carbonyl (C=O) groups is 1. The van der Waals surface area contributed by atoms with Crippen LogP contribution in [0.4, 0.5) is 11.4 Å². The van der Waals surface area contributed by atoms with Crippen molar-refractivity contribution in [3.8, 4) is 0 Å². The van der Waals surface area contributed by atoms with Gasteiger partial charge >= 0.3 is 0 Å². The molecule has 0 spiro atoms. The van der Waals surface area contributed by atoms with Crippen LogP contribution in [-0.2, 0) is 4.79 Å². The predicted molar refractivity (Wildman–Crippen MR) is 116 cm³/mol. The summed E-state index contributed by atoms with van der Waals surface area (Å²) in [6.45, 7) is 12.4. The minimum atomic E-state index is -0.318. The molecule has 3 nitrogen and oxygen atoms in total. The minimum absolute atomic E-state index is 0.125. The fourth-order valence-electron chi connectivity index (χ4n) is 2.71. The number of nitrogens with zero attached hydrogens (tertiary/aromatic N) is 2. The van der Waals surface area contributed by atoms with Crippen LogP contribution in [0.3, 0.4) is 0 Å². The highest BCUT2D eigenvalue weighted by Gasteiger charge is 2.26. The minimum Gasteiger partial charge on any atom is -0.299 e. The molecule has 2 rings (SSSR count). The highest BCUT2D eigenvalue weighted by Crippen LogP contribution is 2.29. The number of anilines is 2. The van der Waals surface area contributed by atoms with Crippen LogP contribution in [0.25, 0.3) is 0 Å². The largest absolute Gasteiger partial charge is 0.299 e. The van der Waals surface area contributed by atoms with Crippen molar-refractivity contribution in [2.45, 2.75) is 54.4 Å². The van der Waals surface area contributed by atoms with Crippen molar-refractivity contribution < 1.29 is 4.79 Å². The van der Waals surface area contributed by atoms with E-state index in [2.05, 4.69) is 45.0 Å². The van der Waals surface area contributed by atoms with Gasteiger partial charge in [-0.25, -0.2) is 5.01 Å². The van der Waals surface area contributed by atoms with E-state index in [0.29, 0.717) is 12.8 Å². The Hall–Kier alpha value is -2.42. The first-order valence-corrected chi connectivity index (χ1v) is 9.60. The number of ketones is 1. The summed E-state index contributed by atoms with van der Waals surface area (Å²) in [6, 6.07) is 20.3. The Balaban J connectivity index is 2.41. The molecule has 3 heteroatoms. The van der Waals surface area contributed by atoms with Gasteiger partial charge in [0.2, 0.25) is 0 Å². The number of carbonyl (C=O) groups excluding carboxylic acids is 1. The predicted octanol–water partition coefficient (Wildman–Crippen LogP) is 6.62. The van der Waals surface area contributed by atoms with Crippen LogP contribution < -0.4 is 5.01 Å². The Morgan fingerprint density at radius 2 is 1.19 bits per heavy atom. The summed E-state index contributed by atoms with van der Waals surface area (Å²) in [4.78, 5) is 12.5. The summed E-state index contributed by atoms with van der Waals surface area (Å²) >= 11 is 0. The van der Waals surface area contributed by atoms with Gasteiger partial charge in [-0.15, -0.1) is 0 Å². The van der Waals surface area contributed by atoms with Gasteiger partial charge in [-0.3, -0.25) is 4.79 Å². The number of Topliss-reactive ketones (excluding diaryl/α,β-unsaturated/α-hetero) is 1. The SMILES string of the molecule is CC(C)(C)C(=O)CCC(=NN(c1ccccc1)c1ccccc1)C(C)(C)C. The maximum absolute atomic E-state index is 12.5. The molecule has 0 saturated heterocycles.